The minimum absolute atomic E-state index is 0.0678. The topological polar surface area (TPSA) is 131 Å². The Morgan fingerprint density at radius 3 is 2.50 bits per heavy atom. The zero-order chi connectivity index (χ0) is 16.1. The second kappa shape index (κ2) is 4.72. The monoisotopic (exact) mass is 308 g/mol. The molecule has 1 aliphatic heterocycles. The van der Waals surface area contributed by atoms with Crippen LogP contribution in [0.25, 0.3) is 0 Å². The van der Waals surface area contributed by atoms with Crippen LogP contribution in [-0.2, 0) is 4.74 Å². The van der Waals surface area contributed by atoms with Crippen LogP contribution in [0.3, 0.4) is 0 Å². The molecule has 2 unspecified atom stereocenters. The van der Waals surface area contributed by atoms with Gasteiger partial charge in [-0.3, -0.25) is 0 Å². The molecule has 118 valence electrons. The van der Waals surface area contributed by atoms with E-state index in [1.54, 1.807) is 0 Å². The maximum Gasteiger partial charge on any atom is 0.206 e. The van der Waals surface area contributed by atoms with Gasteiger partial charge in [0, 0.05) is 18.1 Å². The first kappa shape index (κ1) is 14.9. The molecule has 0 bridgehead atoms. The molecule has 3 rings (SSSR count). The summed E-state index contributed by atoms with van der Waals surface area (Å²) in [5, 5.41) is 59.4. The number of allylic oxidation sites excluding steroid dienone is 2. The molecule has 2 atom stereocenters. The zero-order valence-electron chi connectivity index (χ0n) is 11.4. The van der Waals surface area contributed by atoms with Gasteiger partial charge in [-0.15, -0.1) is 0 Å². The van der Waals surface area contributed by atoms with E-state index in [-0.39, 0.29) is 22.8 Å². The van der Waals surface area contributed by atoms with E-state index in [1.165, 1.54) is 24.3 Å². The summed E-state index contributed by atoms with van der Waals surface area (Å²) in [5.41, 5.74) is 0.0678. The second-order valence-corrected chi connectivity index (χ2v) is 5.59. The van der Waals surface area contributed by atoms with Gasteiger partial charge in [-0.25, -0.2) is 0 Å². The molecular formula is C15H16O7. The SMILES string of the molecule is Oc1ccc(C2OC3=CC=CC(O)(O)C3CC2(O)O)c(O)c1. The highest BCUT2D eigenvalue weighted by Gasteiger charge is 2.53. The number of benzene rings is 1. The Bertz CT molecular complexity index is 660. The molecule has 0 spiro atoms. The normalized spacial score (nSPS) is 28.5. The quantitative estimate of drug-likeness (QED) is 0.402. The van der Waals surface area contributed by atoms with Gasteiger partial charge < -0.3 is 35.4 Å². The van der Waals surface area contributed by atoms with E-state index in [0.29, 0.717) is 0 Å². The molecule has 0 aromatic heterocycles. The Kier molecular flexibility index (Phi) is 3.19. The largest absolute Gasteiger partial charge is 0.508 e. The number of aromatic hydroxyl groups is 2. The highest BCUT2D eigenvalue weighted by atomic mass is 16.6. The minimum Gasteiger partial charge on any atom is -0.508 e. The van der Waals surface area contributed by atoms with E-state index < -0.39 is 30.0 Å². The zero-order valence-corrected chi connectivity index (χ0v) is 11.4. The molecule has 0 amide bonds. The van der Waals surface area contributed by atoms with Gasteiger partial charge in [0.25, 0.3) is 0 Å². The second-order valence-electron chi connectivity index (χ2n) is 5.59. The van der Waals surface area contributed by atoms with Crippen LogP contribution in [0.5, 0.6) is 11.5 Å². The molecule has 1 fully saturated rings. The van der Waals surface area contributed by atoms with Crippen LogP contribution >= 0.6 is 0 Å². The molecule has 0 radical (unpaired) electrons. The van der Waals surface area contributed by atoms with Crippen molar-refractivity contribution in [1.82, 2.24) is 0 Å². The van der Waals surface area contributed by atoms with Crippen molar-refractivity contribution in [2.24, 2.45) is 5.92 Å². The smallest absolute Gasteiger partial charge is 0.206 e. The van der Waals surface area contributed by atoms with Crippen LogP contribution in [0.15, 0.2) is 42.2 Å². The van der Waals surface area contributed by atoms with Crippen molar-refractivity contribution in [2.45, 2.75) is 24.1 Å². The number of ether oxygens (including phenoxy) is 1. The van der Waals surface area contributed by atoms with Crippen LogP contribution in [0.2, 0.25) is 0 Å². The average molecular weight is 308 g/mol. The third-order valence-corrected chi connectivity index (χ3v) is 3.93. The molecule has 1 aromatic rings. The highest BCUT2D eigenvalue weighted by molar-refractivity contribution is 5.42. The molecule has 6 N–H and O–H groups in total. The Labute approximate surface area is 125 Å². The van der Waals surface area contributed by atoms with Crippen molar-refractivity contribution in [3.63, 3.8) is 0 Å². The van der Waals surface area contributed by atoms with Gasteiger partial charge in [0.1, 0.15) is 17.3 Å². The Morgan fingerprint density at radius 1 is 1.09 bits per heavy atom. The highest BCUT2D eigenvalue weighted by Crippen LogP contribution is 2.48. The first-order chi connectivity index (χ1) is 10.2. The van der Waals surface area contributed by atoms with E-state index in [0.717, 1.165) is 12.1 Å². The molecule has 1 aromatic carbocycles. The van der Waals surface area contributed by atoms with Gasteiger partial charge in [0.2, 0.25) is 5.79 Å². The number of hydrogen-bond donors (Lipinski definition) is 6. The predicted octanol–water partition coefficient (Wildman–Crippen LogP) is -0.00910. The summed E-state index contributed by atoms with van der Waals surface area (Å²) in [7, 11) is 0. The van der Waals surface area contributed by atoms with E-state index in [4.69, 9.17) is 4.74 Å². The van der Waals surface area contributed by atoms with Gasteiger partial charge in [0.15, 0.2) is 11.9 Å². The fourth-order valence-corrected chi connectivity index (χ4v) is 2.80. The number of rotatable bonds is 1. The van der Waals surface area contributed by atoms with Crippen LogP contribution in [0.1, 0.15) is 18.1 Å². The standard InChI is InChI=1S/C15H16O7/c16-8-3-4-9(11(17)6-8)13-15(20,21)7-10-12(22-13)2-1-5-14(10,18)19/h1-6,10,13,16-21H,7H2. The fraction of sp³-hybridized carbons (Fsp3) is 0.333. The summed E-state index contributed by atoms with van der Waals surface area (Å²) < 4.78 is 5.50. The Hall–Kier alpha value is -2.06. The molecule has 0 saturated carbocycles. The lowest BCUT2D eigenvalue weighted by molar-refractivity contribution is -0.291. The molecule has 7 nitrogen and oxygen atoms in total. The van der Waals surface area contributed by atoms with Crippen LogP contribution in [-0.4, -0.2) is 42.2 Å². The van der Waals surface area contributed by atoms with Gasteiger partial charge in [-0.1, -0.05) is 6.08 Å². The first-order valence-electron chi connectivity index (χ1n) is 6.68. The van der Waals surface area contributed by atoms with Crippen LogP contribution in [0, 0.1) is 5.92 Å². The lowest BCUT2D eigenvalue weighted by atomic mass is 9.80. The number of phenols is 2. The predicted molar refractivity (Wildman–Crippen MR) is 73.3 cm³/mol. The van der Waals surface area contributed by atoms with Gasteiger partial charge in [-0.2, -0.15) is 0 Å². The Balaban J connectivity index is 2.00. The van der Waals surface area contributed by atoms with Crippen molar-refractivity contribution in [3.05, 3.63) is 47.7 Å². The summed E-state index contributed by atoms with van der Waals surface area (Å²) in [5.74, 6) is -6.09. The fourth-order valence-electron chi connectivity index (χ4n) is 2.80. The maximum absolute atomic E-state index is 10.2. The van der Waals surface area contributed by atoms with Gasteiger partial charge in [-0.05, 0) is 24.3 Å². The summed E-state index contributed by atoms with van der Waals surface area (Å²) in [6.07, 6.45) is 2.27. The van der Waals surface area contributed by atoms with E-state index in [2.05, 4.69) is 0 Å². The molecule has 2 aliphatic rings. The van der Waals surface area contributed by atoms with Gasteiger partial charge >= 0.3 is 0 Å². The van der Waals surface area contributed by atoms with Gasteiger partial charge in [0.05, 0.1) is 5.92 Å². The van der Waals surface area contributed by atoms with Crippen molar-refractivity contribution >= 4 is 0 Å². The van der Waals surface area contributed by atoms with Crippen molar-refractivity contribution < 1.29 is 35.4 Å². The molecule has 1 heterocycles. The maximum atomic E-state index is 10.2. The van der Waals surface area contributed by atoms with Crippen LogP contribution < -0.4 is 0 Å². The summed E-state index contributed by atoms with van der Waals surface area (Å²) in [6.45, 7) is 0. The number of phenolic OH excluding ortho intramolecular Hbond substituents is 2. The van der Waals surface area contributed by atoms with E-state index >= 15 is 0 Å². The summed E-state index contributed by atoms with van der Waals surface area (Å²) >= 11 is 0. The Morgan fingerprint density at radius 2 is 1.82 bits per heavy atom. The average Bonchev–Trinajstić information content (AvgIpc) is 2.39. The van der Waals surface area contributed by atoms with Crippen molar-refractivity contribution in [3.8, 4) is 11.5 Å². The van der Waals surface area contributed by atoms with Crippen molar-refractivity contribution in [2.75, 3.05) is 0 Å². The van der Waals surface area contributed by atoms with E-state index in [1.807, 2.05) is 0 Å². The number of hydrogen-bond acceptors (Lipinski definition) is 7. The molecule has 1 aliphatic carbocycles. The molecular weight excluding hydrogens is 292 g/mol. The summed E-state index contributed by atoms with van der Waals surface area (Å²) in [6, 6.07) is 3.64. The lowest BCUT2D eigenvalue weighted by Gasteiger charge is -2.45. The lowest BCUT2D eigenvalue weighted by Crippen LogP contribution is -2.51. The van der Waals surface area contributed by atoms with Crippen molar-refractivity contribution in [1.29, 1.82) is 0 Å². The summed E-state index contributed by atoms with van der Waals surface area (Å²) in [4.78, 5) is 0. The van der Waals surface area contributed by atoms with E-state index in [9.17, 15) is 30.6 Å². The number of aliphatic hydroxyl groups is 4. The third-order valence-electron chi connectivity index (χ3n) is 3.93. The third kappa shape index (κ3) is 2.34. The minimum atomic E-state index is -2.43. The molecule has 7 heteroatoms. The van der Waals surface area contributed by atoms with Crippen LogP contribution in [0.4, 0.5) is 0 Å². The first-order valence-corrected chi connectivity index (χ1v) is 6.68. The number of fused-ring (bicyclic) bond motifs is 1. The molecule has 1 saturated heterocycles. The molecule has 22 heavy (non-hydrogen) atoms.